The molecule has 7 heteroatoms. The minimum atomic E-state index is -4.36. The molecule has 0 aliphatic heterocycles. The lowest BCUT2D eigenvalue weighted by Gasteiger charge is -2.05. The summed E-state index contributed by atoms with van der Waals surface area (Å²) in [7, 11) is 0. The van der Waals surface area contributed by atoms with Gasteiger partial charge in [-0.25, -0.2) is 0 Å². The van der Waals surface area contributed by atoms with E-state index >= 15 is 0 Å². The number of rotatable bonds is 2. The first kappa shape index (κ1) is 13.3. The van der Waals surface area contributed by atoms with Crippen LogP contribution in [0.1, 0.15) is 0 Å². The Hall–Kier alpha value is -0.300. The molecule has 11 heavy (non-hydrogen) atoms. The lowest BCUT2D eigenvalue weighted by atomic mass is 10.5. The van der Waals surface area contributed by atoms with Crippen molar-refractivity contribution in [3.63, 3.8) is 0 Å². The minimum Gasteiger partial charge on any atom is -0.346 e. The fraction of sp³-hybridized carbons (Fsp3) is 0.750. The molecule has 0 unspecified atom stereocenters. The molecule has 3 nitrogen and oxygen atoms in total. The lowest BCUT2D eigenvalue weighted by Crippen LogP contribution is -2.37. The third-order valence-corrected chi connectivity index (χ3v) is 0.671. The smallest absolute Gasteiger partial charge is 0.346 e. The van der Waals surface area contributed by atoms with Crippen molar-refractivity contribution in [1.29, 1.82) is 0 Å². The van der Waals surface area contributed by atoms with Gasteiger partial charge in [0.05, 0.1) is 6.54 Å². The molecule has 0 fully saturated rings. The fourth-order valence-electron chi connectivity index (χ4n) is 0.271. The van der Waals surface area contributed by atoms with Crippen LogP contribution >= 0.6 is 17.0 Å². The number of hydrogen-bond donors (Lipinski definition) is 2. The molecule has 0 radical (unpaired) electrons. The Morgan fingerprint density at radius 2 is 1.91 bits per heavy atom. The van der Waals surface area contributed by atoms with Crippen molar-refractivity contribution in [3.8, 4) is 0 Å². The molecule has 0 saturated carbocycles. The Bertz CT molecular complexity index is 127. The minimum absolute atomic E-state index is 0. The maximum absolute atomic E-state index is 11.3. The number of nitrogens with two attached hydrogens (primary N) is 1. The van der Waals surface area contributed by atoms with Gasteiger partial charge in [-0.2, -0.15) is 13.2 Å². The number of hydrogen-bond acceptors (Lipinski definition) is 2. The Balaban J connectivity index is 0. The van der Waals surface area contributed by atoms with Crippen molar-refractivity contribution in [2.45, 2.75) is 6.18 Å². The van der Waals surface area contributed by atoms with Crippen molar-refractivity contribution in [2.24, 2.45) is 5.73 Å². The van der Waals surface area contributed by atoms with Crippen molar-refractivity contribution in [2.75, 3.05) is 13.1 Å². The fourth-order valence-corrected chi connectivity index (χ4v) is 0.271. The first-order valence-corrected chi connectivity index (χ1v) is 2.49. The molecule has 0 bridgehead atoms. The van der Waals surface area contributed by atoms with E-state index in [1.54, 1.807) is 5.32 Å². The zero-order chi connectivity index (χ0) is 8.20. The van der Waals surface area contributed by atoms with Gasteiger partial charge in [0.2, 0.25) is 5.91 Å². The van der Waals surface area contributed by atoms with Crippen LogP contribution in [-0.4, -0.2) is 25.2 Å². The van der Waals surface area contributed by atoms with E-state index in [2.05, 4.69) is 0 Å². The van der Waals surface area contributed by atoms with Gasteiger partial charge in [-0.3, -0.25) is 4.79 Å². The number of amides is 1. The molecule has 0 aromatic heterocycles. The number of halogens is 4. The van der Waals surface area contributed by atoms with Crippen LogP contribution in [-0.2, 0) is 4.79 Å². The first-order chi connectivity index (χ1) is 4.45. The van der Waals surface area contributed by atoms with Gasteiger partial charge in [-0.05, 0) is 0 Å². The average Bonchev–Trinajstić information content (AvgIpc) is 1.81. The van der Waals surface area contributed by atoms with Crippen LogP contribution in [0, 0.1) is 0 Å². The summed E-state index contributed by atoms with van der Waals surface area (Å²) in [6, 6.07) is 0. The molecule has 0 atom stereocenters. The monoisotopic (exact) mass is 236 g/mol. The second-order valence-electron chi connectivity index (χ2n) is 1.60. The molecular formula is C4H8BrF3N2O. The normalized spacial score (nSPS) is 10.2. The standard InChI is InChI=1S/C4H7F3N2O.BrH/c5-4(6,7)2-9-3(10)1-8;/h1-2,8H2,(H,9,10);1H. The van der Waals surface area contributed by atoms with Gasteiger partial charge in [-0.1, -0.05) is 0 Å². The first-order valence-electron chi connectivity index (χ1n) is 2.49. The second-order valence-corrected chi connectivity index (χ2v) is 1.60. The third-order valence-electron chi connectivity index (χ3n) is 0.671. The average molecular weight is 237 g/mol. The van der Waals surface area contributed by atoms with E-state index in [9.17, 15) is 18.0 Å². The molecule has 0 aliphatic rings. The van der Waals surface area contributed by atoms with E-state index in [1.807, 2.05) is 0 Å². The second kappa shape index (κ2) is 5.36. The van der Waals surface area contributed by atoms with E-state index in [-0.39, 0.29) is 17.0 Å². The molecule has 0 saturated heterocycles. The highest BCUT2D eigenvalue weighted by molar-refractivity contribution is 8.93. The van der Waals surface area contributed by atoms with Gasteiger partial charge in [0.25, 0.3) is 0 Å². The number of carbonyl (C=O) groups excluding carboxylic acids is 1. The molecule has 0 aliphatic carbocycles. The highest BCUT2D eigenvalue weighted by Crippen LogP contribution is 2.11. The van der Waals surface area contributed by atoms with Crippen molar-refractivity contribution in [1.82, 2.24) is 5.32 Å². The SMILES string of the molecule is Br.NCC(=O)NCC(F)(F)F. The molecule has 3 N–H and O–H groups in total. The summed E-state index contributed by atoms with van der Waals surface area (Å²) in [4.78, 5) is 10.1. The van der Waals surface area contributed by atoms with Crippen LogP contribution in [0.3, 0.4) is 0 Å². The largest absolute Gasteiger partial charge is 0.405 e. The van der Waals surface area contributed by atoms with Crippen LogP contribution < -0.4 is 11.1 Å². The summed E-state index contributed by atoms with van der Waals surface area (Å²) in [6.45, 7) is -1.74. The third kappa shape index (κ3) is 9.70. The zero-order valence-corrected chi connectivity index (χ0v) is 7.16. The van der Waals surface area contributed by atoms with E-state index in [1.165, 1.54) is 0 Å². The van der Waals surface area contributed by atoms with Crippen molar-refractivity contribution < 1.29 is 18.0 Å². The highest BCUT2D eigenvalue weighted by atomic mass is 79.9. The van der Waals surface area contributed by atoms with Gasteiger partial charge in [0, 0.05) is 0 Å². The number of carbonyl (C=O) groups is 1. The van der Waals surface area contributed by atoms with E-state index in [0.29, 0.717) is 0 Å². The number of nitrogens with one attached hydrogen (secondary N) is 1. The molecule has 68 valence electrons. The predicted molar refractivity (Wildman–Crippen MR) is 38.4 cm³/mol. The Morgan fingerprint density at radius 3 is 2.18 bits per heavy atom. The summed E-state index contributed by atoms with van der Waals surface area (Å²) >= 11 is 0. The van der Waals surface area contributed by atoms with Crippen LogP contribution in [0.5, 0.6) is 0 Å². The van der Waals surface area contributed by atoms with Gasteiger partial charge in [0.1, 0.15) is 6.54 Å². The highest BCUT2D eigenvalue weighted by Gasteiger charge is 2.27. The maximum Gasteiger partial charge on any atom is 0.405 e. The molecule has 0 heterocycles. The van der Waals surface area contributed by atoms with Crippen molar-refractivity contribution >= 4 is 22.9 Å². The maximum atomic E-state index is 11.3. The summed E-state index contributed by atoms with van der Waals surface area (Å²) in [5, 5.41) is 1.58. The van der Waals surface area contributed by atoms with E-state index in [4.69, 9.17) is 5.73 Å². The van der Waals surface area contributed by atoms with Crippen molar-refractivity contribution in [3.05, 3.63) is 0 Å². The molecular weight excluding hydrogens is 229 g/mol. The van der Waals surface area contributed by atoms with Crippen LogP contribution in [0.2, 0.25) is 0 Å². The summed E-state index contributed by atoms with van der Waals surface area (Å²) in [5.41, 5.74) is 4.72. The quantitative estimate of drug-likeness (QED) is 0.720. The predicted octanol–water partition coefficient (Wildman–Crippen LogP) is 0.202. The van der Waals surface area contributed by atoms with Gasteiger partial charge >= 0.3 is 6.18 Å². The van der Waals surface area contributed by atoms with Gasteiger partial charge in [0.15, 0.2) is 0 Å². The summed E-state index contributed by atoms with van der Waals surface area (Å²) in [6.07, 6.45) is -4.36. The Morgan fingerprint density at radius 1 is 1.45 bits per heavy atom. The van der Waals surface area contributed by atoms with Gasteiger partial charge in [-0.15, -0.1) is 17.0 Å². The molecule has 0 aromatic rings. The van der Waals surface area contributed by atoms with Crippen LogP contribution in [0.15, 0.2) is 0 Å². The number of alkyl halides is 3. The summed E-state index contributed by atoms with van der Waals surface area (Å²) < 4.78 is 33.9. The zero-order valence-electron chi connectivity index (χ0n) is 5.44. The topological polar surface area (TPSA) is 55.1 Å². The molecule has 1 amide bonds. The summed E-state index contributed by atoms with van der Waals surface area (Å²) in [5.74, 6) is -0.808. The Labute approximate surface area is 71.9 Å². The lowest BCUT2D eigenvalue weighted by molar-refractivity contribution is -0.137. The van der Waals surface area contributed by atoms with Crippen LogP contribution in [0.4, 0.5) is 13.2 Å². The van der Waals surface area contributed by atoms with E-state index < -0.39 is 25.2 Å². The van der Waals surface area contributed by atoms with Gasteiger partial charge < -0.3 is 11.1 Å². The molecule has 0 spiro atoms. The van der Waals surface area contributed by atoms with E-state index in [0.717, 1.165) is 0 Å². The van der Waals surface area contributed by atoms with Crippen LogP contribution in [0.25, 0.3) is 0 Å². The molecule has 0 rings (SSSR count). The molecule has 0 aromatic carbocycles. The Kier molecular flexibility index (Phi) is 6.49.